The van der Waals surface area contributed by atoms with Gasteiger partial charge in [-0.1, -0.05) is 11.6 Å². The monoisotopic (exact) mass is 504 g/mol. The van der Waals surface area contributed by atoms with E-state index in [1.54, 1.807) is 42.3 Å². The minimum absolute atomic E-state index is 0.106. The molecule has 2 N–H and O–H groups in total. The Morgan fingerprint density at radius 2 is 2.16 bits per heavy atom. The Hall–Kier alpha value is -2.42. The van der Waals surface area contributed by atoms with Gasteiger partial charge in [-0.3, -0.25) is 9.59 Å². The summed E-state index contributed by atoms with van der Waals surface area (Å²) < 4.78 is 6.00. The Morgan fingerprint density at radius 3 is 2.90 bits per heavy atom. The van der Waals surface area contributed by atoms with Crippen molar-refractivity contribution in [2.75, 3.05) is 25.2 Å². The quantitative estimate of drug-likeness (QED) is 0.512. The van der Waals surface area contributed by atoms with Crippen LogP contribution in [0.1, 0.15) is 41.5 Å². The van der Waals surface area contributed by atoms with Gasteiger partial charge in [0.2, 0.25) is 5.91 Å². The van der Waals surface area contributed by atoms with Crippen molar-refractivity contribution in [2.45, 2.75) is 25.3 Å². The van der Waals surface area contributed by atoms with Crippen LogP contribution in [0.25, 0.3) is 11.0 Å². The van der Waals surface area contributed by atoms with Crippen molar-refractivity contribution in [2.24, 2.45) is 0 Å². The molecule has 1 aliphatic heterocycles. The molecule has 0 spiro atoms. The Kier molecular flexibility index (Phi) is 6.60. The second-order valence-corrected chi connectivity index (χ2v) is 8.72. The van der Waals surface area contributed by atoms with Gasteiger partial charge in [-0.05, 0) is 65.2 Å². The van der Waals surface area contributed by atoms with Gasteiger partial charge in [0.25, 0.3) is 5.91 Å². The molecule has 1 aliphatic rings. The first-order chi connectivity index (χ1) is 15.0. The molecule has 2 aromatic carbocycles. The van der Waals surface area contributed by atoms with Gasteiger partial charge in [0.15, 0.2) is 0 Å². The first-order valence-electron chi connectivity index (χ1n) is 10.0. The van der Waals surface area contributed by atoms with E-state index in [1.165, 1.54) is 0 Å². The van der Waals surface area contributed by atoms with Crippen LogP contribution in [0, 0.1) is 0 Å². The molecule has 1 saturated heterocycles. The van der Waals surface area contributed by atoms with E-state index in [0.717, 1.165) is 29.6 Å². The molecule has 31 heavy (non-hydrogen) atoms. The minimum Gasteiger partial charge on any atom is -0.382 e. The van der Waals surface area contributed by atoms with Crippen LogP contribution in [0.5, 0.6) is 0 Å². The number of aromatic nitrogens is 2. The number of aromatic amines is 1. The van der Waals surface area contributed by atoms with Gasteiger partial charge < -0.3 is 19.9 Å². The van der Waals surface area contributed by atoms with Crippen LogP contribution < -0.4 is 10.2 Å². The predicted octanol–water partition coefficient (Wildman–Crippen LogP) is 4.61. The van der Waals surface area contributed by atoms with Crippen LogP contribution in [-0.2, 0) is 9.53 Å². The Balaban J connectivity index is 1.54. The summed E-state index contributed by atoms with van der Waals surface area (Å²) in [6.07, 6.45) is 2.44. The molecule has 0 radical (unpaired) electrons. The maximum atomic E-state index is 12.9. The van der Waals surface area contributed by atoms with E-state index >= 15 is 0 Å². The lowest BCUT2D eigenvalue weighted by Crippen LogP contribution is -2.35. The highest BCUT2D eigenvalue weighted by Gasteiger charge is 2.23. The summed E-state index contributed by atoms with van der Waals surface area (Å²) in [5.74, 6) is 0.425. The van der Waals surface area contributed by atoms with Crippen LogP contribution in [0.15, 0.2) is 40.9 Å². The summed E-state index contributed by atoms with van der Waals surface area (Å²) in [6, 6.07) is 10.2. The average molecular weight is 506 g/mol. The van der Waals surface area contributed by atoms with Crippen molar-refractivity contribution in [1.29, 1.82) is 0 Å². The van der Waals surface area contributed by atoms with Crippen molar-refractivity contribution in [3.63, 3.8) is 0 Å². The number of nitrogens with zero attached hydrogens (tertiary/aromatic N) is 2. The van der Waals surface area contributed by atoms with Crippen molar-refractivity contribution in [1.82, 2.24) is 15.3 Å². The van der Waals surface area contributed by atoms with E-state index in [9.17, 15) is 9.59 Å². The molecular weight excluding hydrogens is 484 g/mol. The molecule has 0 saturated carbocycles. The molecule has 2 heterocycles. The number of hydrogen-bond donors (Lipinski definition) is 2. The number of anilines is 1. The number of H-pyrrole nitrogens is 1. The van der Waals surface area contributed by atoms with E-state index < -0.39 is 6.04 Å². The first kappa shape index (κ1) is 21.8. The smallest absolute Gasteiger partial charge is 0.251 e. The van der Waals surface area contributed by atoms with Crippen LogP contribution in [0.2, 0.25) is 5.02 Å². The second-order valence-electron chi connectivity index (χ2n) is 7.43. The second kappa shape index (κ2) is 9.38. The lowest BCUT2D eigenvalue weighted by Gasteiger charge is -2.28. The van der Waals surface area contributed by atoms with Gasteiger partial charge in [-0.2, -0.15) is 0 Å². The molecule has 2 amide bonds. The predicted molar refractivity (Wildman–Crippen MR) is 124 cm³/mol. The highest BCUT2D eigenvalue weighted by atomic mass is 79.9. The minimum atomic E-state index is -0.467. The maximum absolute atomic E-state index is 12.9. The number of amides is 2. The van der Waals surface area contributed by atoms with E-state index in [-0.39, 0.29) is 18.4 Å². The molecule has 1 atom stereocenters. The van der Waals surface area contributed by atoms with Crippen molar-refractivity contribution < 1.29 is 14.3 Å². The van der Waals surface area contributed by atoms with E-state index in [4.69, 9.17) is 16.3 Å². The fraction of sp³-hybridized carbons (Fsp3) is 0.318. The highest BCUT2D eigenvalue weighted by molar-refractivity contribution is 9.10. The van der Waals surface area contributed by atoms with Gasteiger partial charge in [0, 0.05) is 35.1 Å². The standard InChI is InChI=1S/C22H22BrClN4O3/c1-31-12-18(21-25-16-7-6-14(24)11-17(16)26-21)27-22(30)13-5-8-19(15(23)10-13)28-9-3-2-4-20(28)29/h5-8,10-11,18H,2-4,9,12H2,1H3,(H,25,26)(H,27,30)/t18-/m0/s1. The number of nitrogens with one attached hydrogen (secondary N) is 2. The van der Waals surface area contributed by atoms with Crippen LogP contribution in [0.4, 0.5) is 5.69 Å². The molecule has 162 valence electrons. The Labute approximate surface area is 193 Å². The van der Waals surface area contributed by atoms with E-state index in [0.29, 0.717) is 33.8 Å². The molecule has 1 fully saturated rings. The lowest BCUT2D eigenvalue weighted by molar-refractivity contribution is -0.119. The number of carbonyl (C=O) groups is 2. The van der Waals surface area contributed by atoms with Crippen LogP contribution in [-0.4, -0.2) is 42.0 Å². The van der Waals surface area contributed by atoms with Gasteiger partial charge >= 0.3 is 0 Å². The van der Waals surface area contributed by atoms with Crippen molar-refractivity contribution in [3.05, 3.63) is 57.3 Å². The summed E-state index contributed by atoms with van der Waals surface area (Å²) in [7, 11) is 1.57. The van der Waals surface area contributed by atoms with E-state index in [2.05, 4.69) is 31.2 Å². The van der Waals surface area contributed by atoms with Gasteiger partial charge in [-0.25, -0.2) is 4.98 Å². The summed E-state index contributed by atoms with van der Waals surface area (Å²) in [4.78, 5) is 34.7. The average Bonchev–Trinajstić information content (AvgIpc) is 3.17. The lowest BCUT2D eigenvalue weighted by atomic mass is 10.1. The third-order valence-electron chi connectivity index (χ3n) is 5.26. The zero-order chi connectivity index (χ0) is 22.0. The molecule has 0 unspecified atom stereocenters. The number of methoxy groups -OCH3 is 1. The molecule has 0 bridgehead atoms. The fourth-order valence-electron chi connectivity index (χ4n) is 3.69. The van der Waals surface area contributed by atoms with Crippen molar-refractivity contribution >= 4 is 56.1 Å². The number of piperidine rings is 1. The van der Waals surface area contributed by atoms with Gasteiger partial charge in [0.1, 0.15) is 11.9 Å². The van der Waals surface area contributed by atoms with Gasteiger partial charge in [0.05, 0.1) is 23.3 Å². The Morgan fingerprint density at radius 1 is 1.32 bits per heavy atom. The third kappa shape index (κ3) is 4.76. The summed E-state index contributed by atoms with van der Waals surface area (Å²) in [5.41, 5.74) is 2.80. The highest BCUT2D eigenvalue weighted by Crippen LogP contribution is 2.30. The number of ether oxygens (including phenoxy) is 1. The topological polar surface area (TPSA) is 87.3 Å². The summed E-state index contributed by atoms with van der Waals surface area (Å²) in [6.45, 7) is 0.940. The van der Waals surface area contributed by atoms with Crippen molar-refractivity contribution in [3.8, 4) is 0 Å². The molecule has 7 nitrogen and oxygen atoms in total. The summed E-state index contributed by atoms with van der Waals surface area (Å²) >= 11 is 9.57. The third-order valence-corrected chi connectivity index (χ3v) is 6.13. The molecule has 0 aliphatic carbocycles. The molecule has 9 heteroatoms. The molecular formula is C22H22BrClN4O3. The number of benzene rings is 2. The number of rotatable bonds is 6. The maximum Gasteiger partial charge on any atom is 0.251 e. The molecule has 1 aromatic heterocycles. The summed E-state index contributed by atoms with van der Waals surface area (Å²) in [5, 5.41) is 3.56. The van der Waals surface area contributed by atoms with E-state index in [1.807, 2.05) is 6.07 Å². The SMILES string of the molecule is COC[C@H](NC(=O)c1ccc(N2CCCCC2=O)c(Br)c1)c1nc2cc(Cl)ccc2[nH]1. The number of halogens is 2. The zero-order valence-electron chi connectivity index (χ0n) is 17.0. The Bertz CT molecular complexity index is 1130. The number of carbonyl (C=O) groups excluding carboxylic acids is 2. The first-order valence-corrected chi connectivity index (χ1v) is 11.2. The number of fused-ring (bicyclic) bond motifs is 1. The van der Waals surface area contributed by atoms with Crippen LogP contribution >= 0.6 is 27.5 Å². The molecule has 4 rings (SSSR count). The normalized spacial score (nSPS) is 15.3. The largest absolute Gasteiger partial charge is 0.382 e. The van der Waals surface area contributed by atoms with Crippen LogP contribution in [0.3, 0.4) is 0 Å². The fourth-order valence-corrected chi connectivity index (χ4v) is 4.45. The zero-order valence-corrected chi connectivity index (χ0v) is 19.3. The molecule has 3 aromatic rings. The number of hydrogen-bond acceptors (Lipinski definition) is 4. The van der Waals surface area contributed by atoms with Gasteiger partial charge in [-0.15, -0.1) is 0 Å². The number of imidazole rings is 1.